The summed E-state index contributed by atoms with van der Waals surface area (Å²) in [6.45, 7) is 15.2. The number of carboxylic acid groups (broad SMARTS) is 1. The molecular formula is C30H41N3O5. The van der Waals surface area contributed by atoms with Crippen LogP contribution in [0.3, 0.4) is 0 Å². The van der Waals surface area contributed by atoms with Gasteiger partial charge in [-0.05, 0) is 59.6 Å². The van der Waals surface area contributed by atoms with Gasteiger partial charge in [-0.2, -0.15) is 0 Å². The van der Waals surface area contributed by atoms with E-state index in [1.807, 2.05) is 60.6 Å². The minimum atomic E-state index is -1.000. The minimum absolute atomic E-state index is 0.0342. The third-order valence-electron chi connectivity index (χ3n) is 6.94. The molecule has 0 aliphatic carbocycles. The molecule has 3 N–H and O–H groups in total. The Morgan fingerprint density at radius 1 is 1.05 bits per heavy atom. The third kappa shape index (κ3) is 6.11. The van der Waals surface area contributed by atoms with Gasteiger partial charge >= 0.3 is 6.09 Å². The molecule has 206 valence electrons. The summed E-state index contributed by atoms with van der Waals surface area (Å²) in [4.78, 5) is 27.7. The maximum absolute atomic E-state index is 13.5. The van der Waals surface area contributed by atoms with Gasteiger partial charge < -0.3 is 24.7 Å². The average molecular weight is 524 g/mol. The normalized spacial score (nSPS) is 13.5. The Kier molecular flexibility index (Phi) is 8.15. The number of aromatic hydroxyl groups is 1. The molecule has 1 aliphatic rings. The van der Waals surface area contributed by atoms with Gasteiger partial charge in [0.1, 0.15) is 17.3 Å². The molecule has 0 fully saturated rings. The average Bonchev–Trinajstić information content (AvgIpc) is 3.09. The van der Waals surface area contributed by atoms with E-state index in [1.165, 1.54) is 11.9 Å². The molecule has 38 heavy (non-hydrogen) atoms. The molecule has 1 aliphatic heterocycles. The summed E-state index contributed by atoms with van der Waals surface area (Å²) in [5.41, 5.74) is 3.74. The summed E-state index contributed by atoms with van der Waals surface area (Å²) < 4.78 is 5.83. The molecule has 0 saturated heterocycles. The van der Waals surface area contributed by atoms with E-state index >= 15 is 0 Å². The maximum atomic E-state index is 13.5. The van der Waals surface area contributed by atoms with Gasteiger partial charge in [0, 0.05) is 42.4 Å². The molecule has 8 heteroatoms. The van der Waals surface area contributed by atoms with Gasteiger partial charge in [0.15, 0.2) is 5.78 Å². The van der Waals surface area contributed by atoms with E-state index in [2.05, 4.69) is 0 Å². The van der Waals surface area contributed by atoms with Gasteiger partial charge in [0.05, 0.1) is 13.2 Å². The molecular weight excluding hydrogens is 482 g/mol. The molecule has 8 nitrogen and oxygen atoms in total. The molecule has 3 rings (SSSR count). The number of phenolic OH excluding ortho intramolecular Hbond substituents is 1. The smallest absolute Gasteiger partial charge is 0.407 e. The van der Waals surface area contributed by atoms with Crippen molar-refractivity contribution in [2.24, 2.45) is 0 Å². The highest BCUT2D eigenvalue weighted by Crippen LogP contribution is 2.40. The number of benzene rings is 2. The molecule has 0 radical (unpaired) electrons. The number of ether oxygens (including phenoxy) is 1. The number of Topliss-reactive ketones (excluding diaryl/α,β-unsaturated/α-hetero) is 1. The van der Waals surface area contributed by atoms with Crippen LogP contribution in [0, 0.1) is 5.41 Å². The highest BCUT2D eigenvalue weighted by Gasteiger charge is 2.31. The standard InChI is InChI=1S/C30H41N3O5/c1-9-38-25-15-20-16-33(27(31)21(20)12-18(25)10-11-32(8)28(36)37)17-24(34)19-13-22(29(2,3)4)26(35)23(14-19)30(5,6)7/h12-15,31,35H,9-11,16-17H2,1-8H3,(H,36,37). The predicted octanol–water partition coefficient (Wildman–Crippen LogP) is 5.56. The van der Waals surface area contributed by atoms with Crippen LogP contribution in [-0.4, -0.2) is 64.5 Å². The second-order valence-corrected chi connectivity index (χ2v) is 12.1. The lowest BCUT2D eigenvalue weighted by atomic mass is 9.78. The number of amidine groups is 1. The van der Waals surface area contributed by atoms with Crippen LogP contribution in [0.15, 0.2) is 24.3 Å². The van der Waals surface area contributed by atoms with Crippen LogP contribution in [-0.2, 0) is 23.8 Å². The van der Waals surface area contributed by atoms with Crippen LogP contribution < -0.4 is 4.74 Å². The van der Waals surface area contributed by atoms with E-state index in [0.29, 0.717) is 37.4 Å². The summed E-state index contributed by atoms with van der Waals surface area (Å²) in [6.07, 6.45) is -0.545. The van der Waals surface area contributed by atoms with Crippen LogP contribution in [0.1, 0.15) is 86.6 Å². The first kappa shape index (κ1) is 29.0. The number of hydrogen-bond acceptors (Lipinski definition) is 5. The summed E-state index contributed by atoms with van der Waals surface area (Å²) in [6, 6.07) is 7.36. The maximum Gasteiger partial charge on any atom is 0.407 e. The number of nitrogens with zero attached hydrogens (tertiary/aromatic N) is 2. The molecule has 0 spiro atoms. The number of fused-ring (bicyclic) bond motifs is 1. The monoisotopic (exact) mass is 523 g/mol. The number of ketones is 1. The zero-order chi connectivity index (χ0) is 28.6. The second-order valence-electron chi connectivity index (χ2n) is 12.1. The highest BCUT2D eigenvalue weighted by atomic mass is 16.5. The number of likely N-dealkylation sites (N-methyl/N-ethyl adjacent to an activating group) is 1. The summed E-state index contributed by atoms with van der Waals surface area (Å²) in [5, 5.41) is 29.0. The Hall–Kier alpha value is -3.55. The Morgan fingerprint density at radius 2 is 1.63 bits per heavy atom. The van der Waals surface area contributed by atoms with Crippen molar-refractivity contribution in [3.8, 4) is 11.5 Å². The SMILES string of the molecule is CCOc1cc2c(cc1CCN(C)C(=O)O)C(=N)N(CC(=O)c1cc(C(C)(C)C)c(O)c(C(C)(C)C)c1)C2. The van der Waals surface area contributed by atoms with Crippen molar-refractivity contribution in [1.82, 2.24) is 9.80 Å². The highest BCUT2D eigenvalue weighted by molar-refractivity contribution is 6.05. The second kappa shape index (κ2) is 10.7. The number of hydrogen-bond donors (Lipinski definition) is 3. The van der Waals surface area contributed by atoms with Crippen molar-refractivity contribution in [2.75, 3.05) is 26.7 Å². The van der Waals surface area contributed by atoms with Crippen LogP contribution in [0.25, 0.3) is 0 Å². The number of carbonyl (C=O) groups is 2. The zero-order valence-electron chi connectivity index (χ0n) is 23.9. The molecule has 1 heterocycles. The number of phenols is 1. The molecule has 2 aromatic rings. The first-order chi connectivity index (χ1) is 17.5. The Bertz CT molecular complexity index is 1220. The third-order valence-corrected chi connectivity index (χ3v) is 6.94. The van der Waals surface area contributed by atoms with E-state index in [9.17, 15) is 19.8 Å². The largest absolute Gasteiger partial charge is 0.507 e. The van der Waals surface area contributed by atoms with Gasteiger partial charge in [-0.1, -0.05) is 41.5 Å². The minimum Gasteiger partial charge on any atom is -0.507 e. The molecule has 0 unspecified atom stereocenters. The van der Waals surface area contributed by atoms with E-state index in [-0.39, 0.29) is 34.7 Å². The van der Waals surface area contributed by atoms with Crippen molar-refractivity contribution in [1.29, 1.82) is 5.41 Å². The first-order valence-corrected chi connectivity index (χ1v) is 13.0. The lowest BCUT2D eigenvalue weighted by Gasteiger charge is -2.28. The fraction of sp³-hybridized carbons (Fsp3) is 0.500. The lowest BCUT2D eigenvalue weighted by molar-refractivity contribution is 0.0962. The molecule has 0 bridgehead atoms. The fourth-order valence-corrected chi connectivity index (χ4v) is 4.68. The zero-order valence-corrected chi connectivity index (χ0v) is 23.9. The van der Waals surface area contributed by atoms with Gasteiger partial charge in [0.25, 0.3) is 0 Å². The Balaban J connectivity index is 1.90. The Morgan fingerprint density at radius 3 is 2.13 bits per heavy atom. The van der Waals surface area contributed by atoms with Crippen LogP contribution in [0.2, 0.25) is 0 Å². The fourth-order valence-electron chi connectivity index (χ4n) is 4.68. The van der Waals surface area contributed by atoms with Crippen LogP contribution in [0.5, 0.6) is 11.5 Å². The number of amides is 1. The van der Waals surface area contributed by atoms with E-state index in [1.54, 1.807) is 17.0 Å². The van der Waals surface area contributed by atoms with Gasteiger partial charge in [-0.15, -0.1) is 0 Å². The molecule has 0 saturated carbocycles. The van der Waals surface area contributed by atoms with Crippen molar-refractivity contribution >= 4 is 17.7 Å². The number of rotatable bonds is 8. The lowest BCUT2D eigenvalue weighted by Crippen LogP contribution is -2.30. The summed E-state index contributed by atoms with van der Waals surface area (Å²) in [7, 11) is 1.52. The van der Waals surface area contributed by atoms with E-state index in [0.717, 1.165) is 27.8 Å². The summed E-state index contributed by atoms with van der Waals surface area (Å²) >= 11 is 0. The topological polar surface area (TPSA) is 114 Å². The predicted molar refractivity (Wildman–Crippen MR) is 149 cm³/mol. The van der Waals surface area contributed by atoms with Gasteiger partial charge in [-0.25, -0.2) is 4.79 Å². The molecule has 0 aromatic heterocycles. The van der Waals surface area contributed by atoms with Crippen molar-refractivity contribution in [3.63, 3.8) is 0 Å². The Labute approximate surface area is 225 Å². The van der Waals surface area contributed by atoms with Crippen molar-refractivity contribution in [2.45, 2.75) is 72.3 Å². The quantitative estimate of drug-likeness (QED) is 0.390. The van der Waals surface area contributed by atoms with Crippen LogP contribution >= 0.6 is 0 Å². The summed E-state index contributed by atoms with van der Waals surface area (Å²) in [5.74, 6) is 1.04. The number of carbonyl (C=O) groups excluding carboxylic acids is 1. The molecule has 2 aromatic carbocycles. The van der Waals surface area contributed by atoms with Gasteiger partial charge in [0.2, 0.25) is 0 Å². The molecule has 1 amide bonds. The van der Waals surface area contributed by atoms with E-state index < -0.39 is 6.09 Å². The first-order valence-electron chi connectivity index (χ1n) is 13.0. The molecule has 0 atom stereocenters. The van der Waals surface area contributed by atoms with Crippen molar-refractivity contribution in [3.05, 3.63) is 57.6 Å². The van der Waals surface area contributed by atoms with Crippen LogP contribution in [0.4, 0.5) is 4.79 Å². The van der Waals surface area contributed by atoms with E-state index in [4.69, 9.17) is 10.1 Å². The van der Waals surface area contributed by atoms with Crippen molar-refractivity contribution < 1.29 is 24.5 Å². The van der Waals surface area contributed by atoms with Gasteiger partial charge in [-0.3, -0.25) is 10.2 Å². The number of nitrogens with one attached hydrogen (secondary N) is 1.